The Morgan fingerprint density at radius 1 is 0.920 bits per heavy atom. The molecule has 1 aromatic heterocycles. The average Bonchev–Trinajstić information content (AvgIpc) is 2.60. The highest BCUT2D eigenvalue weighted by Gasteiger charge is 2.06. The predicted octanol–water partition coefficient (Wildman–Crippen LogP) is 3.77. The van der Waals surface area contributed by atoms with Crippen molar-refractivity contribution in [1.82, 2.24) is 15.3 Å². The van der Waals surface area contributed by atoms with Gasteiger partial charge in [-0.25, -0.2) is 9.97 Å². The van der Waals surface area contributed by atoms with E-state index >= 15 is 0 Å². The van der Waals surface area contributed by atoms with Crippen molar-refractivity contribution < 1.29 is 4.79 Å². The van der Waals surface area contributed by atoms with Gasteiger partial charge in [-0.05, 0) is 49.7 Å². The van der Waals surface area contributed by atoms with Crippen LogP contribution >= 0.6 is 0 Å². The van der Waals surface area contributed by atoms with Crippen LogP contribution < -0.4 is 10.6 Å². The second-order valence-corrected chi connectivity index (χ2v) is 5.84. The van der Waals surface area contributed by atoms with Crippen LogP contribution in [-0.4, -0.2) is 15.9 Å². The maximum absolute atomic E-state index is 12.2. The van der Waals surface area contributed by atoms with Crippen LogP contribution in [0.2, 0.25) is 0 Å². The van der Waals surface area contributed by atoms with Crippen LogP contribution in [0.15, 0.2) is 60.7 Å². The molecule has 2 N–H and O–H groups in total. The number of anilines is 2. The Balaban J connectivity index is 1.62. The van der Waals surface area contributed by atoms with Crippen LogP contribution in [0.4, 0.5) is 11.6 Å². The molecule has 0 saturated heterocycles. The Labute approximate surface area is 147 Å². The number of carbonyl (C=O) groups excluding carboxylic acids is 1. The zero-order valence-corrected chi connectivity index (χ0v) is 14.3. The van der Waals surface area contributed by atoms with Gasteiger partial charge < -0.3 is 10.6 Å². The number of carbonyl (C=O) groups is 1. The first-order valence-electron chi connectivity index (χ1n) is 8.12. The van der Waals surface area contributed by atoms with Crippen LogP contribution in [0.1, 0.15) is 27.3 Å². The van der Waals surface area contributed by atoms with Crippen LogP contribution in [0.25, 0.3) is 0 Å². The lowest BCUT2D eigenvalue weighted by Gasteiger charge is -2.08. The third-order valence-corrected chi connectivity index (χ3v) is 3.68. The van der Waals surface area contributed by atoms with Gasteiger partial charge in [0, 0.05) is 29.2 Å². The summed E-state index contributed by atoms with van der Waals surface area (Å²) in [6.07, 6.45) is 0. The van der Waals surface area contributed by atoms with Gasteiger partial charge >= 0.3 is 0 Å². The molecule has 0 fully saturated rings. The van der Waals surface area contributed by atoms with E-state index in [1.807, 2.05) is 62.4 Å². The number of nitrogens with zero attached hydrogens (tertiary/aromatic N) is 2. The Hall–Kier alpha value is -3.21. The summed E-state index contributed by atoms with van der Waals surface area (Å²) in [5.74, 6) is 0.455. The Kier molecular flexibility index (Phi) is 5.04. The van der Waals surface area contributed by atoms with Gasteiger partial charge in [0.15, 0.2) is 0 Å². The van der Waals surface area contributed by atoms with Crippen LogP contribution in [0.5, 0.6) is 0 Å². The van der Waals surface area contributed by atoms with Gasteiger partial charge in [0.1, 0.15) is 0 Å². The Bertz CT molecular complexity index is 840. The third kappa shape index (κ3) is 4.64. The fourth-order valence-corrected chi connectivity index (χ4v) is 2.50. The number of aromatic nitrogens is 2. The molecule has 1 amide bonds. The summed E-state index contributed by atoms with van der Waals surface area (Å²) < 4.78 is 0. The molecular weight excluding hydrogens is 312 g/mol. The summed E-state index contributed by atoms with van der Waals surface area (Å²) in [5, 5.41) is 6.07. The minimum Gasteiger partial charge on any atom is -0.348 e. The number of amides is 1. The number of rotatable bonds is 5. The van der Waals surface area contributed by atoms with E-state index in [1.165, 1.54) is 0 Å². The second-order valence-electron chi connectivity index (χ2n) is 5.84. The third-order valence-electron chi connectivity index (χ3n) is 3.68. The highest BCUT2D eigenvalue weighted by Crippen LogP contribution is 2.15. The summed E-state index contributed by atoms with van der Waals surface area (Å²) in [7, 11) is 0. The first-order chi connectivity index (χ1) is 12.1. The van der Waals surface area contributed by atoms with E-state index in [-0.39, 0.29) is 5.91 Å². The monoisotopic (exact) mass is 332 g/mol. The van der Waals surface area contributed by atoms with Gasteiger partial charge in [-0.15, -0.1) is 0 Å². The fraction of sp³-hybridized carbons (Fsp3) is 0.150. The molecule has 5 nitrogen and oxygen atoms in total. The molecule has 0 aliphatic rings. The van der Waals surface area contributed by atoms with E-state index in [2.05, 4.69) is 20.6 Å². The van der Waals surface area contributed by atoms with Gasteiger partial charge in [0.05, 0.1) is 0 Å². The van der Waals surface area contributed by atoms with Gasteiger partial charge in [0.25, 0.3) is 5.91 Å². The topological polar surface area (TPSA) is 66.9 Å². The Morgan fingerprint density at radius 3 is 2.20 bits per heavy atom. The molecule has 0 bridgehead atoms. The molecule has 0 aliphatic carbocycles. The summed E-state index contributed by atoms with van der Waals surface area (Å²) in [6, 6.07) is 19.0. The molecule has 25 heavy (non-hydrogen) atoms. The summed E-state index contributed by atoms with van der Waals surface area (Å²) >= 11 is 0. The number of benzene rings is 2. The standard InChI is InChI=1S/C20H20N4O/c1-14-12-15(2)23-20(22-14)24-18-10-8-17(9-11-18)19(25)21-13-16-6-4-3-5-7-16/h3-12H,13H2,1-2H3,(H,21,25)(H,22,23,24). The minimum absolute atomic E-state index is 0.0990. The minimum atomic E-state index is -0.0990. The molecule has 0 saturated carbocycles. The molecule has 0 aliphatic heterocycles. The molecule has 126 valence electrons. The van der Waals surface area contributed by atoms with E-state index in [0.717, 1.165) is 22.6 Å². The highest BCUT2D eigenvalue weighted by atomic mass is 16.1. The van der Waals surface area contributed by atoms with Crippen LogP contribution in [-0.2, 0) is 6.54 Å². The van der Waals surface area contributed by atoms with Crippen molar-refractivity contribution in [2.24, 2.45) is 0 Å². The summed E-state index contributed by atoms with van der Waals surface area (Å²) in [4.78, 5) is 20.9. The quantitative estimate of drug-likeness (QED) is 0.746. The van der Waals surface area contributed by atoms with Gasteiger partial charge in [0.2, 0.25) is 5.95 Å². The van der Waals surface area contributed by atoms with E-state index in [1.54, 1.807) is 12.1 Å². The predicted molar refractivity (Wildman–Crippen MR) is 98.8 cm³/mol. The molecule has 1 heterocycles. The molecule has 5 heteroatoms. The molecule has 0 unspecified atom stereocenters. The Morgan fingerprint density at radius 2 is 1.56 bits per heavy atom. The molecule has 0 spiro atoms. The lowest BCUT2D eigenvalue weighted by molar-refractivity contribution is 0.0951. The summed E-state index contributed by atoms with van der Waals surface area (Å²) in [6.45, 7) is 4.37. The van der Waals surface area contributed by atoms with Crippen molar-refractivity contribution in [3.8, 4) is 0 Å². The molecule has 2 aromatic carbocycles. The maximum atomic E-state index is 12.2. The zero-order chi connectivity index (χ0) is 17.6. The maximum Gasteiger partial charge on any atom is 0.251 e. The van der Waals surface area contributed by atoms with Gasteiger partial charge in [-0.3, -0.25) is 4.79 Å². The number of hydrogen-bond acceptors (Lipinski definition) is 4. The van der Waals surface area contributed by atoms with Gasteiger partial charge in [-0.1, -0.05) is 30.3 Å². The average molecular weight is 332 g/mol. The molecule has 3 aromatic rings. The molecular formula is C20H20N4O. The van der Waals surface area contributed by atoms with E-state index in [0.29, 0.717) is 18.1 Å². The van der Waals surface area contributed by atoms with E-state index in [4.69, 9.17) is 0 Å². The molecule has 0 radical (unpaired) electrons. The van der Waals surface area contributed by atoms with Crippen LogP contribution in [0.3, 0.4) is 0 Å². The van der Waals surface area contributed by atoms with E-state index in [9.17, 15) is 4.79 Å². The normalized spacial score (nSPS) is 10.3. The smallest absolute Gasteiger partial charge is 0.251 e. The van der Waals surface area contributed by atoms with Crippen molar-refractivity contribution in [2.45, 2.75) is 20.4 Å². The van der Waals surface area contributed by atoms with Crippen molar-refractivity contribution in [1.29, 1.82) is 0 Å². The van der Waals surface area contributed by atoms with Gasteiger partial charge in [-0.2, -0.15) is 0 Å². The fourth-order valence-electron chi connectivity index (χ4n) is 2.50. The largest absolute Gasteiger partial charge is 0.348 e. The number of nitrogens with one attached hydrogen (secondary N) is 2. The number of aryl methyl sites for hydroxylation is 2. The van der Waals surface area contributed by atoms with Crippen molar-refractivity contribution in [3.05, 3.63) is 83.2 Å². The number of hydrogen-bond donors (Lipinski definition) is 2. The molecule has 0 atom stereocenters. The van der Waals surface area contributed by atoms with E-state index < -0.39 is 0 Å². The second kappa shape index (κ2) is 7.57. The summed E-state index contributed by atoms with van der Waals surface area (Å²) in [5.41, 5.74) is 4.34. The molecule has 3 rings (SSSR count). The van der Waals surface area contributed by atoms with Crippen molar-refractivity contribution in [3.63, 3.8) is 0 Å². The lowest BCUT2D eigenvalue weighted by Crippen LogP contribution is -2.22. The lowest BCUT2D eigenvalue weighted by atomic mass is 10.2. The van der Waals surface area contributed by atoms with Crippen molar-refractivity contribution in [2.75, 3.05) is 5.32 Å². The zero-order valence-electron chi connectivity index (χ0n) is 14.3. The van der Waals surface area contributed by atoms with Crippen LogP contribution in [0, 0.1) is 13.8 Å². The first-order valence-corrected chi connectivity index (χ1v) is 8.12. The van der Waals surface area contributed by atoms with Crippen molar-refractivity contribution >= 4 is 17.5 Å². The first kappa shape index (κ1) is 16.6. The SMILES string of the molecule is Cc1cc(C)nc(Nc2ccc(C(=O)NCc3ccccc3)cc2)n1. The highest BCUT2D eigenvalue weighted by molar-refractivity contribution is 5.94.